The molecule has 0 atom stereocenters. The van der Waals surface area contributed by atoms with Crippen LogP contribution in [-0.4, -0.2) is 0 Å². The maximum absolute atomic E-state index is 6.34. The lowest BCUT2D eigenvalue weighted by molar-refractivity contribution is 0.669. The molecule has 0 saturated heterocycles. The van der Waals surface area contributed by atoms with Crippen molar-refractivity contribution in [3.63, 3.8) is 0 Å². The van der Waals surface area contributed by atoms with Gasteiger partial charge in [-0.25, -0.2) is 0 Å². The van der Waals surface area contributed by atoms with E-state index in [1.807, 2.05) is 6.07 Å². The van der Waals surface area contributed by atoms with E-state index in [0.29, 0.717) is 0 Å². The summed E-state index contributed by atoms with van der Waals surface area (Å²) in [6, 6.07) is 72.9. The first-order chi connectivity index (χ1) is 28.7. The van der Waals surface area contributed by atoms with E-state index in [9.17, 15) is 0 Å². The molecule has 0 amide bonds. The van der Waals surface area contributed by atoms with Gasteiger partial charge in [0.25, 0.3) is 0 Å². The highest BCUT2D eigenvalue weighted by atomic mass is 16.3. The monoisotopic (exact) mass is 732 g/mol. The topological polar surface area (TPSA) is 13.1 Å². The van der Waals surface area contributed by atoms with E-state index in [4.69, 9.17) is 4.42 Å². The number of rotatable bonds is 2. The summed E-state index contributed by atoms with van der Waals surface area (Å²) in [5.41, 5.74) is 16.9. The average molecular weight is 733 g/mol. The van der Waals surface area contributed by atoms with Crippen molar-refractivity contribution < 1.29 is 4.42 Å². The van der Waals surface area contributed by atoms with Gasteiger partial charge in [-0.3, -0.25) is 0 Å². The first-order valence-corrected chi connectivity index (χ1v) is 20.2. The fraction of sp³-hybridized carbons (Fsp3) is 0.0175. The Bertz CT molecular complexity index is 3640. The summed E-state index contributed by atoms with van der Waals surface area (Å²) in [7, 11) is 0. The summed E-state index contributed by atoms with van der Waals surface area (Å²) < 4.78 is 6.34. The van der Waals surface area contributed by atoms with E-state index in [-0.39, 0.29) is 0 Å². The number of para-hydroxylation sites is 1. The molecule has 11 aromatic carbocycles. The lowest BCUT2D eigenvalue weighted by atomic mass is 9.69. The molecule has 1 heterocycles. The van der Waals surface area contributed by atoms with E-state index in [1.54, 1.807) is 0 Å². The molecule has 2 aliphatic rings. The van der Waals surface area contributed by atoms with Gasteiger partial charge in [-0.1, -0.05) is 152 Å². The molecule has 0 aliphatic heterocycles. The van der Waals surface area contributed by atoms with Gasteiger partial charge < -0.3 is 4.42 Å². The van der Waals surface area contributed by atoms with Crippen molar-refractivity contribution in [2.24, 2.45) is 0 Å². The minimum atomic E-state index is -0.522. The minimum absolute atomic E-state index is 0.522. The third-order valence-corrected chi connectivity index (χ3v) is 13.6. The Balaban J connectivity index is 1.11. The third-order valence-electron chi connectivity index (χ3n) is 13.6. The number of hydrogen-bond donors (Lipinski definition) is 0. The van der Waals surface area contributed by atoms with Crippen molar-refractivity contribution >= 4 is 65.0 Å². The molecule has 1 heteroatoms. The Morgan fingerprint density at radius 1 is 0.310 bits per heavy atom. The Labute approximate surface area is 334 Å². The molecule has 1 spiro atoms. The van der Waals surface area contributed by atoms with Crippen LogP contribution in [0.25, 0.3) is 110 Å². The van der Waals surface area contributed by atoms with Crippen molar-refractivity contribution in [3.05, 3.63) is 216 Å². The highest BCUT2D eigenvalue weighted by Gasteiger charge is 2.53. The molecule has 12 aromatic rings. The molecule has 0 bridgehead atoms. The molecule has 0 radical (unpaired) electrons. The smallest absolute Gasteiger partial charge is 0.135 e. The van der Waals surface area contributed by atoms with E-state index in [1.165, 1.54) is 110 Å². The molecular weight excluding hydrogens is 701 g/mol. The van der Waals surface area contributed by atoms with Crippen LogP contribution < -0.4 is 0 Å². The molecule has 0 saturated carbocycles. The summed E-state index contributed by atoms with van der Waals surface area (Å²) in [4.78, 5) is 0. The zero-order valence-electron chi connectivity index (χ0n) is 31.4. The Kier molecular flexibility index (Phi) is 5.76. The first kappa shape index (κ1) is 30.7. The Morgan fingerprint density at radius 2 is 0.914 bits per heavy atom. The molecule has 0 fully saturated rings. The second kappa shape index (κ2) is 10.9. The highest BCUT2D eigenvalue weighted by molar-refractivity contribution is 6.24. The van der Waals surface area contributed by atoms with E-state index in [2.05, 4.69) is 188 Å². The molecule has 14 rings (SSSR count). The van der Waals surface area contributed by atoms with Crippen LogP contribution in [0.5, 0.6) is 0 Å². The molecule has 1 nitrogen and oxygen atoms in total. The van der Waals surface area contributed by atoms with Crippen LogP contribution in [0.2, 0.25) is 0 Å². The molecule has 0 N–H and O–H groups in total. The van der Waals surface area contributed by atoms with Gasteiger partial charge >= 0.3 is 0 Å². The molecular formula is C57H32O. The molecule has 1 aromatic heterocycles. The fourth-order valence-corrected chi connectivity index (χ4v) is 11.2. The zero-order valence-corrected chi connectivity index (χ0v) is 31.4. The normalized spacial score (nSPS) is 13.7. The van der Waals surface area contributed by atoms with Crippen LogP contribution in [0.3, 0.4) is 0 Å². The second-order valence-electron chi connectivity index (χ2n) is 16.3. The van der Waals surface area contributed by atoms with Gasteiger partial charge in [-0.05, 0) is 152 Å². The largest absolute Gasteiger partial charge is 0.456 e. The van der Waals surface area contributed by atoms with Crippen molar-refractivity contribution in [2.45, 2.75) is 5.41 Å². The first-order valence-electron chi connectivity index (χ1n) is 20.2. The van der Waals surface area contributed by atoms with Gasteiger partial charge in [-0.15, -0.1) is 0 Å². The lowest BCUT2D eigenvalue weighted by Crippen LogP contribution is -2.26. The van der Waals surface area contributed by atoms with Gasteiger partial charge in [0.05, 0.1) is 5.41 Å². The van der Waals surface area contributed by atoms with Crippen LogP contribution in [0.1, 0.15) is 22.3 Å². The fourth-order valence-electron chi connectivity index (χ4n) is 11.2. The van der Waals surface area contributed by atoms with E-state index < -0.39 is 5.41 Å². The molecule has 266 valence electrons. The van der Waals surface area contributed by atoms with E-state index in [0.717, 1.165) is 21.9 Å². The number of benzene rings is 11. The average Bonchev–Trinajstić information content (AvgIpc) is 3.92. The summed E-state index contributed by atoms with van der Waals surface area (Å²) in [5, 5.41) is 12.7. The molecule has 0 unspecified atom stereocenters. The zero-order chi connectivity index (χ0) is 37.7. The van der Waals surface area contributed by atoms with Crippen LogP contribution >= 0.6 is 0 Å². The summed E-state index contributed by atoms with van der Waals surface area (Å²) in [5.74, 6) is 0. The van der Waals surface area contributed by atoms with E-state index >= 15 is 0 Å². The van der Waals surface area contributed by atoms with Crippen molar-refractivity contribution in [2.75, 3.05) is 0 Å². The predicted octanol–water partition coefficient (Wildman–Crippen LogP) is 15.3. The Morgan fingerprint density at radius 3 is 1.69 bits per heavy atom. The Hall–Kier alpha value is -7.48. The standard InChI is InChI=1S/C57H32O/c1-2-13-41-36(10-1)30-46(37-25-27-52-47(31-37)44-16-5-8-19-51(44)58-52)55-45-26-24-35(40-28-38-22-20-33-11-9-12-34-21-23-39(29-40)54(38)53(33)34)32-50(45)57(56(41)55)48-17-6-3-14-42(48)43-15-4-7-18-49(43)57/h1-32H. The van der Waals surface area contributed by atoms with Gasteiger partial charge in [-0.2, -0.15) is 0 Å². The predicted molar refractivity (Wildman–Crippen MR) is 242 cm³/mol. The SMILES string of the molecule is c1ccc2c(c1)-c1ccccc1C21c2cc(-c3cc4ccc5cccc6ccc(c3)c4c56)ccc2-c2c(-c3ccc4oc5ccccc5c4c3)cc3ccccc3c21. The van der Waals surface area contributed by atoms with Crippen molar-refractivity contribution in [1.29, 1.82) is 0 Å². The summed E-state index contributed by atoms with van der Waals surface area (Å²) in [6.07, 6.45) is 0. The minimum Gasteiger partial charge on any atom is -0.456 e. The second-order valence-corrected chi connectivity index (χ2v) is 16.3. The van der Waals surface area contributed by atoms with Crippen LogP contribution in [-0.2, 0) is 5.41 Å². The van der Waals surface area contributed by atoms with Crippen molar-refractivity contribution in [3.8, 4) is 44.5 Å². The van der Waals surface area contributed by atoms with Crippen LogP contribution in [0.15, 0.2) is 199 Å². The van der Waals surface area contributed by atoms with Crippen LogP contribution in [0, 0.1) is 0 Å². The number of furan rings is 1. The molecule has 58 heavy (non-hydrogen) atoms. The highest BCUT2D eigenvalue weighted by Crippen LogP contribution is 2.66. The summed E-state index contributed by atoms with van der Waals surface area (Å²) >= 11 is 0. The van der Waals surface area contributed by atoms with Crippen molar-refractivity contribution in [1.82, 2.24) is 0 Å². The van der Waals surface area contributed by atoms with Gasteiger partial charge in [0, 0.05) is 10.8 Å². The number of hydrogen-bond acceptors (Lipinski definition) is 1. The lowest BCUT2D eigenvalue weighted by Gasteiger charge is -2.32. The van der Waals surface area contributed by atoms with Gasteiger partial charge in [0.15, 0.2) is 0 Å². The quantitative estimate of drug-likeness (QED) is 0.161. The van der Waals surface area contributed by atoms with Gasteiger partial charge in [0.1, 0.15) is 11.2 Å². The summed E-state index contributed by atoms with van der Waals surface area (Å²) in [6.45, 7) is 0. The number of fused-ring (bicyclic) bond motifs is 15. The van der Waals surface area contributed by atoms with Gasteiger partial charge in [0.2, 0.25) is 0 Å². The third kappa shape index (κ3) is 3.77. The van der Waals surface area contributed by atoms with Crippen LogP contribution in [0.4, 0.5) is 0 Å². The molecule has 2 aliphatic carbocycles. The maximum atomic E-state index is 6.34. The maximum Gasteiger partial charge on any atom is 0.135 e.